The van der Waals surface area contributed by atoms with E-state index in [9.17, 15) is 10.1 Å². The molecule has 1 heterocycles. The summed E-state index contributed by atoms with van der Waals surface area (Å²) < 4.78 is 0. The summed E-state index contributed by atoms with van der Waals surface area (Å²) in [5.74, 6) is 0.574. The number of nitrogens with zero attached hydrogens (tertiary/aromatic N) is 2. The average Bonchev–Trinajstić information content (AvgIpc) is 2.28. The number of anilines is 2. The van der Waals surface area contributed by atoms with E-state index < -0.39 is 0 Å². The second-order valence-electron chi connectivity index (χ2n) is 4.67. The quantitative estimate of drug-likeness (QED) is 0.485. The predicted octanol–water partition coefficient (Wildman–Crippen LogP) is 2.41. The molecule has 2 N–H and O–H groups in total. The van der Waals surface area contributed by atoms with Gasteiger partial charge in [-0.2, -0.15) is 0 Å². The molecule has 0 saturated carbocycles. The molecule has 0 spiro atoms. The lowest BCUT2D eigenvalue weighted by Crippen LogP contribution is -2.34. The summed E-state index contributed by atoms with van der Waals surface area (Å²) in [6, 6.07) is 5.14. The van der Waals surface area contributed by atoms with Crippen molar-refractivity contribution in [3.05, 3.63) is 28.3 Å². The van der Waals surface area contributed by atoms with E-state index in [1.54, 1.807) is 18.2 Å². The zero-order valence-corrected chi connectivity index (χ0v) is 9.93. The summed E-state index contributed by atoms with van der Waals surface area (Å²) in [6.07, 6.45) is 2.26. The van der Waals surface area contributed by atoms with Crippen LogP contribution >= 0.6 is 0 Å². The molecule has 1 unspecified atom stereocenters. The van der Waals surface area contributed by atoms with Crippen LogP contribution in [0.15, 0.2) is 18.2 Å². The minimum absolute atomic E-state index is 0.0431. The van der Waals surface area contributed by atoms with Crippen LogP contribution in [0.5, 0.6) is 0 Å². The Morgan fingerprint density at radius 3 is 2.94 bits per heavy atom. The number of hydrogen-bond donors (Lipinski definition) is 1. The molecule has 1 aromatic carbocycles. The predicted molar refractivity (Wildman–Crippen MR) is 68.1 cm³/mol. The maximum atomic E-state index is 11.1. The zero-order valence-electron chi connectivity index (χ0n) is 9.93. The molecule has 5 nitrogen and oxygen atoms in total. The fourth-order valence-electron chi connectivity index (χ4n) is 2.41. The number of hydrogen-bond acceptors (Lipinski definition) is 4. The van der Waals surface area contributed by atoms with E-state index in [2.05, 4.69) is 11.8 Å². The maximum absolute atomic E-state index is 11.1. The van der Waals surface area contributed by atoms with E-state index in [1.807, 2.05) is 0 Å². The molecule has 2 rings (SSSR count). The monoisotopic (exact) mass is 235 g/mol. The number of nitrogen functional groups attached to an aromatic ring is 1. The molecule has 5 heteroatoms. The molecular weight excluding hydrogens is 218 g/mol. The summed E-state index contributed by atoms with van der Waals surface area (Å²) in [7, 11) is 0. The van der Waals surface area contributed by atoms with Gasteiger partial charge in [0.1, 0.15) is 11.4 Å². The summed E-state index contributed by atoms with van der Waals surface area (Å²) in [5.41, 5.74) is 6.63. The number of nitro groups is 1. The Morgan fingerprint density at radius 1 is 1.53 bits per heavy atom. The molecule has 1 fully saturated rings. The number of rotatable bonds is 2. The molecule has 1 atom stereocenters. The minimum atomic E-state index is -0.385. The second kappa shape index (κ2) is 4.61. The summed E-state index contributed by atoms with van der Waals surface area (Å²) in [5, 5.41) is 11.1. The molecule has 17 heavy (non-hydrogen) atoms. The van der Waals surface area contributed by atoms with E-state index in [0.29, 0.717) is 11.6 Å². The van der Waals surface area contributed by atoms with Gasteiger partial charge in [0.2, 0.25) is 0 Å². The van der Waals surface area contributed by atoms with Crippen molar-refractivity contribution in [2.45, 2.75) is 19.8 Å². The van der Waals surface area contributed by atoms with Gasteiger partial charge in [-0.25, -0.2) is 0 Å². The third kappa shape index (κ3) is 2.33. The Morgan fingerprint density at radius 2 is 2.29 bits per heavy atom. The first-order chi connectivity index (χ1) is 8.09. The van der Waals surface area contributed by atoms with Gasteiger partial charge in [-0.05, 0) is 30.9 Å². The van der Waals surface area contributed by atoms with Crippen molar-refractivity contribution in [1.29, 1.82) is 0 Å². The number of para-hydroxylation sites is 1. The maximum Gasteiger partial charge on any atom is 0.315 e. The van der Waals surface area contributed by atoms with Crippen molar-refractivity contribution in [2.75, 3.05) is 23.7 Å². The van der Waals surface area contributed by atoms with Crippen LogP contribution in [0, 0.1) is 16.0 Å². The smallest absolute Gasteiger partial charge is 0.315 e. The Bertz CT molecular complexity index is 434. The van der Waals surface area contributed by atoms with Crippen molar-refractivity contribution >= 4 is 17.1 Å². The highest BCUT2D eigenvalue weighted by molar-refractivity contribution is 5.75. The Kier molecular flexibility index (Phi) is 3.17. The SMILES string of the molecule is CC1CCCN(c2cccc(N)c2[N+](=O)[O-])C1. The first-order valence-corrected chi connectivity index (χ1v) is 5.87. The van der Waals surface area contributed by atoms with Crippen molar-refractivity contribution < 1.29 is 4.92 Å². The van der Waals surface area contributed by atoms with Gasteiger partial charge in [0.05, 0.1) is 4.92 Å². The van der Waals surface area contributed by atoms with Crippen LogP contribution in [-0.4, -0.2) is 18.0 Å². The minimum Gasteiger partial charge on any atom is -0.393 e. The molecular formula is C12H17N3O2. The zero-order chi connectivity index (χ0) is 12.4. The van der Waals surface area contributed by atoms with Gasteiger partial charge in [-0.3, -0.25) is 10.1 Å². The number of benzene rings is 1. The molecule has 1 aliphatic heterocycles. The van der Waals surface area contributed by atoms with E-state index in [-0.39, 0.29) is 16.3 Å². The van der Waals surface area contributed by atoms with E-state index in [1.165, 1.54) is 6.42 Å². The van der Waals surface area contributed by atoms with Gasteiger partial charge in [-0.1, -0.05) is 13.0 Å². The largest absolute Gasteiger partial charge is 0.393 e. The summed E-state index contributed by atoms with van der Waals surface area (Å²) in [4.78, 5) is 12.8. The fourth-order valence-corrected chi connectivity index (χ4v) is 2.41. The van der Waals surface area contributed by atoms with Crippen molar-refractivity contribution in [2.24, 2.45) is 5.92 Å². The normalized spacial score (nSPS) is 20.3. The van der Waals surface area contributed by atoms with Crippen molar-refractivity contribution in [3.8, 4) is 0 Å². The van der Waals surface area contributed by atoms with Gasteiger partial charge in [-0.15, -0.1) is 0 Å². The molecule has 92 valence electrons. The van der Waals surface area contributed by atoms with Crippen LogP contribution in [0.4, 0.5) is 17.1 Å². The van der Waals surface area contributed by atoms with Gasteiger partial charge < -0.3 is 10.6 Å². The number of nitrogens with two attached hydrogens (primary N) is 1. The van der Waals surface area contributed by atoms with Crippen LogP contribution in [0.3, 0.4) is 0 Å². The molecule has 0 aliphatic carbocycles. The Hall–Kier alpha value is -1.78. The van der Waals surface area contributed by atoms with Crippen LogP contribution in [0.2, 0.25) is 0 Å². The third-order valence-electron chi connectivity index (χ3n) is 3.23. The highest BCUT2D eigenvalue weighted by Crippen LogP contribution is 2.35. The molecule has 1 aromatic rings. The van der Waals surface area contributed by atoms with Gasteiger partial charge in [0.25, 0.3) is 0 Å². The fraction of sp³-hybridized carbons (Fsp3) is 0.500. The molecule has 0 radical (unpaired) electrons. The molecule has 1 aliphatic rings. The van der Waals surface area contributed by atoms with Crippen molar-refractivity contribution in [1.82, 2.24) is 0 Å². The third-order valence-corrected chi connectivity index (χ3v) is 3.23. The average molecular weight is 235 g/mol. The van der Waals surface area contributed by atoms with Crippen LogP contribution < -0.4 is 10.6 Å². The van der Waals surface area contributed by atoms with E-state index in [0.717, 1.165) is 19.5 Å². The molecule has 0 bridgehead atoms. The van der Waals surface area contributed by atoms with Gasteiger partial charge in [0.15, 0.2) is 0 Å². The van der Waals surface area contributed by atoms with Gasteiger partial charge in [0, 0.05) is 13.1 Å². The highest BCUT2D eigenvalue weighted by Gasteiger charge is 2.25. The van der Waals surface area contributed by atoms with Crippen LogP contribution in [0.1, 0.15) is 19.8 Å². The molecule has 1 saturated heterocycles. The topological polar surface area (TPSA) is 72.4 Å². The number of nitro benzene ring substituents is 1. The standard InChI is InChI=1S/C12H17N3O2/c1-9-4-3-7-14(8-9)11-6-2-5-10(13)12(11)15(16)17/h2,5-6,9H,3-4,7-8,13H2,1H3. The lowest BCUT2D eigenvalue weighted by Gasteiger charge is -2.32. The van der Waals surface area contributed by atoms with Crippen LogP contribution in [-0.2, 0) is 0 Å². The first-order valence-electron chi connectivity index (χ1n) is 5.87. The lowest BCUT2D eigenvalue weighted by molar-refractivity contribution is -0.383. The summed E-state index contributed by atoms with van der Waals surface area (Å²) >= 11 is 0. The molecule has 0 aromatic heterocycles. The molecule has 0 amide bonds. The lowest BCUT2D eigenvalue weighted by atomic mass is 9.99. The highest BCUT2D eigenvalue weighted by atomic mass is 16.6. The van der Waals surface area contributed by atoms with Crippen molar-refractivity contribution in [3.63, 3.8) is 0 Å². The second-order valence-corrected chi connectivity index (χ2v) is 4.67. The first kappa shape index (κ1) is 11.7. The number of piperidine rings is 1. The van der Waals surface area contributed by atoms with E-state index >= 15 is 0 Å². The van der Waals surface area contributed by atoms with Crippen LogP contribution in [0.25, 0.3) is 0 Å². The summed E-state index contributed by atoms with van der Waals surface area (Å²) in [6.45, 7) is 3.91. The van der Waals surface area contributed by atoms with E-state index in [4.69, 9.17) is 5.73 Å². The Balaban J connectivity index is 2.37. The Labute approximate surface area is 100 Å². The van der Waals surface area contributed by atoms with Gasteiger partial charge >= 0.3 is 5.69 Å².